The fraction of sp³-hybridized carbons (Fsp3) is 0.0909. The molecule has 0 aliphatic carbocycles. The molecule has 0 radical (unpaired) electrons. The maximum Gasteiger partial charge on any atom is 0.297 e. The lowest BCUT2D eigenvalue weighted by Gasteiger charge is -2.12. The van der Waals surface area contributed by atoms with E-state index in [0.29, 0.717) is 16.4 Å². The monoisotopic (exact) mass is 420 g/mol. The molecular formula is C22H16N2O5S. The van der Waals surface area contributed by atoms with Crippen LogP contribution in [0.2, 0.25) is 0 Å². The highest BCUT2D eigenvalue weighted by molar-refractivity contribution is 7.86. The van der Waals surface area contributed by atoms with Crippen LogP contribution in [0, 0.1) is 13.8 Å². The Balaban J connectivity index is 2.17. The van der Waals surface area contributed by atoms with Crippen LogP contribution in [0.4, 0.5) is 0 Å². The van der Waals surface area contributed by atoms with Gasteiger partial charge in [0.1, 0.15) is 4.90 Å². The normalized spacial score (nSPS) is 12.4. The number of benzene rings is 3. The first-order valence-electron chi connectivity index (χ1n) is 9.19. The van der Waals surface area contributed by atoms with Gasteiger partial charge in [-0.05, 0) is 49.2 Å². The molecule has 0 unspecified atom stereocenters. The van der Waals surface area contributed by atoms with Gasteiger partial charge in [0.2, 0.25) is 0 Å². The van der Waals surface area contributed by atoms with Gasteiger partial charge in [0.15, 0.2) is 10.9 Å². The van der Waals surface area contributed by atoms with E-state index in [9.17, 15) is 22.6 Å². The molecule has 30 heavy (non-hydrogen) atoms. The number of pyridine rings is 2. The summed E-state index contributed by atoms with van der Waals surface area (Å²) in [5.74, 6) is 0. The molecule has 2 aromatic heterocycles. The standard InChI is InChI=1S/C22H16N2O5S/c1-10-6-7-12-15(8-10)23-16-9-13-19(22(30(27,28)29)18(16)20(12)25)24-14-5-3-4-11(2)17(14)21(13)26/h3-9H,1-2H3,(H,23,25)(H,24,26)(H,27,28,29). The van der Waals surface area contributed by atoms with Crippen LogP contribution >= 0.6 is 0 Å². The molecule has 0 bridgehead atoms. The summed E-state index contributed by atoms with van der Waals surface area (Å²) in [7, 11) is -4.84. The number of aryl methyl sites for hydroxylation is 2. The molecule has 0 saturated carbocycles. The highest BCUT2D eigenvalue weighted by Gasteiger charge is 2.25. The zero-order chi connectivity index (χ0) is 21.4. The van der Waals surface area contributed by atoms with Gasteiger partial charge in [0, 0.05) is 21.7 Å². The fourth-order valence-electron chi connectivity index (χ4n) is 4.13. The van der Waals surface area contributed by atoms with Gasteiger partial charge < -0.3 is 9.97 Å². The molecule has 0 spiro atoms. The number of rotatable bonds is 1. The molecule has 0 saturated heterocycles. The molecule has 3 aromatic carbocycles. The van der Waals surface area contributed by atoms with Gasteiger partial charge in [0.25, 0.3) is 10.1 Å². The summed E-state index contributed by atoms with van der Waals surface area (Å²) >= 11 is 0. The highest BCUT2D eigenvalue weighted by Crippen LogP contribution is 2.30. The molecule has 0 fully saturated rings. The Hall–Kier alpha value is -3.49. The van der Waals surface area contributed by atoms with Crippen molar-refractivity contribution >= 4 is 53.7 Å². The van der Waals surface area contributed by atoms with Crippen LogP contribution in [0.15, 0.2) is 56.9 Å². The first-order chi connectivity index (χ1) is 14.2. The van der Waals surface area contributed by atoms with E-state index >= 15 is 0 Å². The summed E-state index contributed by atoms with van der Waals surface area (Å²) in [6.07, 6.45) is 0. The molecule has 0 aliphatic heterocycles. The molecule has 0 amide bonds. The Morgan fingerprint density at radius 1 is 0.800 bits per heavy atom. The second-order valence-electron chi connectivity index (χ2n) is 7.48. The van der Waals surface area contributed by atoms with Crippen LogP contribution < -0.4 is 10.9 Å². The predicted molar refractivity (Wildman–Crippen MR) is 117 cm³/mol. The van der Waals surface area contributed by atoms with Crippen molar-refractivity contribution in [1.82, 2.24) is 9.97 Å². The van der Waals surface area contributed by atoms with E-state index in [1.807, 2.05) is 6.92 Å². The SMILES string of the molecule is Cc1ccc2c(=O)c3c(S(=O)(=O)O)c4[nH]c5cccc(C)c5c(=O)c4cc3[nH]c2c1. The average molecular weight is 420 g/mol. The third-order valence-electron chi connectivity index (χ3n) is 5.46. The van der Waals surface area contributed by atoms with Gasteiger partial charge in [-0.3, -0.25) is 14.1 Å². The van der Waals surface area contributed by atoms with Crippen molar-refractivity contribution in [1.29, 1.82) is 0 Å². The van der Waals surface area contributed by atoms with E-state index in [1.165, 1.54) is 6.07 Å². The highest BCUT2D eigenvalue weighted by atomic mass is 32.2. The lowest BCUT2D eigenvalue weighted by Crippen LogP contribution is -2.14. The van der Waals surface area contributed by atoms with Crippen molar-refractivity contribution in [2.75, 3.05) is 0 Å². The van der Waals surface area contributed by atoms with E-state index in [1.54, 1.807) is 43.3 Å². The predicted octanol–water partition coefficient (Wildman–Crippen LogP) is 3.54. The van der Waals surface area contributed by atoms with Crippen molar-refractivity contribution in [3.63, 3.8) is 0 Å². The minimum atomic E-state index is -4.84. The minimum Gasteiger partial charge on any atom is -0.354 e. The van der Waals surface area contributed by atoms with Gasteiger partial charge in [0.05, 0.1) is 21.9 Å². The largest absolute Gasteiger partial charge is 0.354 e. The van der Waals surface area contributed by atoms with Crippen molar-refractivity contribution < 1.29 is 13.0 Å². The van der Waals surface area contributed by atoms with E-state index in [-0.39, 0.29) is 32.6 Å². The number of nitrogens with one attached hydrogen (secondary N) is 2. The fourth-order valence-corrected chi connectivity index (χ4v) is 5.00. The van der Waals surface area contributed by atoms with Crippen LogP contribution in [0.5, 0.6) is 0 Å². The molecule has 5 aromatic rings. The second kappa shape index (κ2) is 6.01. The van der Waals surface area contributed by atoms with E-state index in [0.717, 1.165) is 11.1 Å². The lowest BCUT2D eigenvalue weighted by molar-refractivity contribution is 0.485. The zero-order valence-electron chi connectivity index (χ0n) is 16.0. The smallest absolute Gasteiger partial charge is 0.297 e. The number of aromatic nitrogens is 2. The first kappa shape index (κ1) is 18.5. The van der Waals surface area contributed by atoms with Crippen LogP contribution in [0.1, 0.15) is 11.1 Å². The summed E-state index contributed by atoms with van der Waals surface area (Å²) in [6, 6.07) is 11.7. The van der Waals surface area contributed by atoms with Gasteiger partial charge in [-0.25, -0.2) is 0 Å². The van der Waals surface area contributed by atoms with Crippen LogP contribution in [-0.2, 0) is 10.1 Å². The molecular weight excluding hydrogens is 404 g/mol. The average Bonchev–Trinajstić information content (AvgIpc) is 2.66. The Morgan fingerprint density at radius 3 is 2.27 bits per heavy atom. The number of hydrogen-bond donors (Lipinski definition) is 3. The Bertz CT molecular complexity index is 1780. The summed E-state index contributed by atoms with van der Waals surface area (Å²) < 4.78 is 34.8. The zero-order valence-corrected chi connectivity index (χ0v) is 16.8. The van der Waals surface area contributed by atoms with Crippen molar-refractivity contribution in [3.05, 3.63) is 74.0 Å². The van der Waals surface area contributed by atoms with E-state index < -0.39 is 20.4 Å². The third-order valence-corrected chi connectivity index (χ3v) is 6.38. The number of hydrogen-bond acceptors (Lipinski definition) is 4. The van der Waals surface area contributed by atoms with Crippen molar-refractivity contribution in [2.45, 2.75) is 18.7 Å². The van der Waals surface area contributed by atoms with Crippen LogP contribution in [-0.4, -0.2) is 22.9 Å². The van der Waals surface area contributed by atoms with Crippen molar-refractivity contribution in [3.8, 4) is 0 Å². The van der Waals surface area contributed by atoms with Crippen molar-refractivity contribution in [2.24, 2.45) is 0 Å². The van der Waals surface area contributed by atoms with Gasteiger partial charge >= 0.3 is 0 Å². The summed E-state index contributed by atoms with van der Waals surface area (Å²) in [5, 5.41) is 0.588. The second-order valence-corrected chi connectivity index (χ2v) is 8.84. The molecule has 5 rings (SSSR count). The lowest BCUT2D eigenvalue weighted by atomic mass is 10.0. The molecule has 3 N–H and O–H groups in total. The van der Waals surface area contributed by atoms with Gasteiger partial charge in [-0.1, -0.05) is 18.2 Å². The van der Waals surface area contributed by atoms with Gasteiger partial charge in [-0.15, -0.1) is 0 Å². The van der Waals surface area contributed by atoms with E-state index in [4.69, 9.17) is 0 Å². The number of fused-ring (bicyclic) bond motifs is 4. The summed E-state index contributed by atoms with van der Waals surface area (Å²) in [6.45, 7) is 3.65. The number of aromatic amines is 2. The Labute approximate surface area is 169 Å². The molecule has 150 valence electrons. The molecule has 0 aliphatic rings. The maximum atomic E-state index is 13.2. The topological polar surface area (TPSA) is 120 Å². The third kappa shape index (κ3) is 2.51. The summed E-state index contributed by atoms with van der Waals surface area (Å²) in [4.78, 5) is 31.9. The molecule has 8 heteroatoms. The number of H-pyrrole nitrogens is 2. The minimum absolute atomic E-state index is 0.0691. The molecule has 7 nitrogen and oxygen atoms in total. The van der Waals surface area contributed by atoms with Crippen LogP contribution in [0.3, 0.4) is 0 Å². The molecule has 0 atom stereocenters. The van der Waals surface area contributed by atoms with E-state index in [2.05, 4.69) is 9.97 Å². The first-order valence-corrected chi connectivity index (χ1v) is 10.6. The maximum absolute atomic E-state index is 13.2. The molecule has 2 heterocycles. The van der Waals surface area contributed by atoms with Crippen LogP contribution in [0.25, 0.3) is 43.6 Å². The Morgan fingerprint density at radius 2 is 1.53 bits per heavy atom. The van der Waals surface area contributed by atoms with Gasteiger partial charge in [-0.2, -0.15) is 8.42 Å². The summed E-state index contributed by atoms with van der Waals surface area (Å²) in [5.41, 5.74) is 1.72. The Kier molecular flexibility index (Phi) is 3.71. The quantitative estimate of drug-likeness (QED) is 0.283.